The van der Waals surface area contributed by atoms with Crippen molar-refractivity contribution in [2.75, 3.05) is 6.54 Å². The van der Waals surface area contributed by atoms with Crippen LogP contribution in [0.15, 0.2) is 22.6 Å². The van der Waals surface area contributed by atoms with Crippen molar-refractivity contribution >= 4 is 17.3 Å². The van der Waals surface area contributed by atoms with Gasteiger partial charge in [-0.2, -0.15) is 0 Å². The summed E-state index contributed by atoms with van der Waals surface area (Å²) >= 11 is 5.83. The molecule has 19 heavy (non-hydrogen) atoms. The lowest BCUT2D eigenvalue weighted by atomic mass is 10.2. The summed E-state index contributed by atoms with van der Waals surface area (Å²) in [5, 5.41) is 21.7. The summed E-state index contributed by atoms with van der Waals surface area (Å²) in [6, 6.07) is 4.15. The van der Waals surface area contributed by atoms with E-state index in [-0.39, 0.29) is 16.6 Å². The number of nitrogens with one attached hydrogen (secondary N) is 1. The van der Waals surface area contributed by atoms with Gasteiger partial charge in [-0.05, 0) is 12.6 Å². The van der Waals surface area contributed by atoms with Crippen LogP contribution in [0.2, 0.25) is 5.02 Å². The average Bonchev–Trinajstić information content (AvgIpc) is 2.84. The first-order valence-corrected chi connectivity index (χ1v) is 5.96. The van der Waals surface area contributed by atoms with Gasteiger partial charge in [0.25, 0.3) is 5.69 Å². The molecule has 0 saturated carbocycles. The van der Waals surface area contributed by atoms with E-state index in [1.165, 1.54) is 12.1 Å². The molecule has 0 fully saturated rings. The number of nitrogens with zero attached hydrogens (tertiary/aromatic N) is 3. The predicted octanol–water partition coefficient (Wildman–Crippen LogP) is 2.41. The van der Waals surface area contributed by atoms with Gasteiger partial charge in [0.05, 0.1) is 11.5 Å². The summed E-state index contributed by atoms with van der Waals surface area (Å²) in [5.41, 5.74) is 0.309. The molecule has 7 nitrogen and oxygen atoms in total. The van der Waals surface area contributed by atoms with Crippen LogP contribution in [0.25, 0.3) is 11.5 Å². The molecular weight excluding hydrogens is 272 g/mol. The average molecular weight is 283 g/mol. The van der Waals surface area contributed by atoms with Crippen molar-refractivity contribution in [3.63, 3.8) is 0 Å². The number of nitro benzene ring substituents is 1. The molecule has 0 saturated heterocycles. The maximum Gasteiger partial charge on any atom is 0.271 e. The molecule has 1 aromatic heterocycles. The number of hydrogen-bond donors (Lipinski definition) is 1. The SMILES string of the molecule is CCNCc1nnc(-c2cc(Cl)cc([N+](=O)[O-])c2)o1. The van der Waals surface area contributed by atoms with Crippen LogP contribution in [0.4, 0.5) is 5.69 Å². The van der Waals surface area contributed by atoms with Gasteiger partial charge in [-0.15, -0.1) is 10.2 Å². The Morgan fingerprint density at radius 2 is 2.21 bits per heavy atom. The number of hydrogen-bond acceptors (Lipinski definition) is 6. The van der Waals surface area contributed by atoms with Crippen LogP contribution in [0.1, 0.15) is 12.8 Å². The Bertz CT molecular complexity index is 599. The molecule has 1 aromatic carbocycles. The molecule has 100 valence electrons. The molecule has 0 atom stereocenters. The van der Waals surface area contributed by atoms with Crippen LogP contribution < -0.4 is 5.32 Å². The Labute approximate surface area is 113 Å². The van der Waals surface area contributed by atoms with Gasteiger partial charge < -0.3 is 9.73 Å². The smallest absolute Gasteiger partial charge is 0.271 e. The van der Waals surface area contributed by atoms with E-state index in [0.717, 1.165) is 6.54 Å². The second kappa shape index (κ2) is 5.77. The molecule has 0 unspecified atom stereocenters. The van der Waals surface area contributed by atoms with Crippen molar-refractivity contribution in [2.45, 2.75) is 13.5 Å². The molecular formula is C11H11ClN4O3. The van der Waals surface area contributed by atoms with Crippen LogP contribution in [0, 0.1) is 10.1 Å². The first-order valence-electron chi connectivity index (χ1n) is 5.58. The Kier molecular flexibility index (Phi) is 4.08. The highest BCUT2D eigenvalue weighted by atomic mass is 35.5. The molecule has 0 spiro atoms. The second-order valence-electron chi connectivity index (χ2n) is 3.74. The van der Waals surface area contributed by atoms with Crippen LogP contribution in [-0.4, -0.2) is 21.7 Å². The number of benzene rings is 1. The van der Waals surface area contributed by atoms with E-state index in [1.807, 2.05) is 6.92 Å². The number of halogens is 1. The molecule has 0 aliphatic carbocycles. The first-order chi connectivity index (χ1) is 9.10. The van der Waals surface area contributed by atoms with Gasteiger partial charge in [0.15, 0.2) is 0 Å². The van der Waals surface area contributed by atoms with Crippen LogP contribution in [0.3, 0.4) is 0 Å². The standard InChI is InChI=1S/C11H11ClN4O3/c1-2-13-6-10-14-15-11(19-10)7-3-8(12)5-9(4-7)16(17)18/h3-5,13H,2,6H2,1H3. The van der Waals surface area contributed by atoms with E-state index in [4.69, 9.17) is 16.0 Å². The first kappa shape index (κ1) is 13.4. The zero-order chi connectivity index (χ0) is 13.8. The van der Waals surface area contributed by atoms with Gasteiger partial charge >= 0.3 is 0 Å². The van der Waals surface area contributed by atoms with Crippen molar-refractivity contribution in [1.82, 2.24) is 15.5 Å². The molecule has 0 aliphatic heterocycles. The number of aromatic nitrogens is 2. The summed E-state index contributed by atoms with van der Waals surface area (Å²) in [4.78, 5) is 10.2. The molecule has 1 heterocycles. The van der Waals surface area contributed by atoms with Gasteiger partial charge in [0, 0.05) is 22.7 Å². The quantitative estimate of drug-likeness (QED) is 0.668. The maximum absolute atomic E-state index is 10.8. The highest BCUT2D eigenvalue weighted by Gasteiger charge is 2.14. The normalized spacial score (nSPS) is 10.6. The van der Waals surface area contributed by atoms with Crippen molar-refractivity contribution in [3.05, 3.63) is 39.2 Å². The van der Waals surface area contributed by atoms with Crippen molar-refractivity contribution in [1.29, 1.82) is 0 Å². The summed E-state index contributed by atoms with van der Waals surface area (Å²) in [5.74, 6) is 0.623. The van der Waals surface area contributed by atoms with Crippen molar-refractivity contribution in [3.8, 4) is 11.5 Å². The maximum atomic E-state index is 10.8. The van der Waals surface area contributed by atoms with E-state index in [1.54, 1.807) is 6.07 Å². The molecule has 2 rings (SSSR count). The molecule has 0 radical (unpaired) electrons. The van der Waals surface area contributed by atoms with E-state index in [9.17, 15) is 10.1 Å². The fourth-order valence-corrected chi connectivity index (χ4v) is 1.71. The lowest BCUT2D eigenvalue weighted by Crippen LogP contribution is -2.11. The van der Waals surface area contributed by atoms with Gasteiger partial charge in [-0.25, -0.2) is 0 Å². The Balaban J connectivity index is 2.30. The fraction of sp³-hybridized carbons (Fsp3) is 0.273. The fourth-order valence-electron chi connectivity index (χ4n) is 1.48. The van der Waals surface area contributed by atoms with Gasteiger partial charge in [0.2, 0.25) is 11.8 Å². The third kappa shape index (κ3) is 3.27. The molecule has 1 N–H and O–H groups in total. The van der Waals surface area contributed by atoms with Gasteiger partial charge in [0.1, 0.15) is 0 Å². The molecule has 0 aliphatic rings. The van der Waals surface area contributed by atoms with Crippen LogP contribution in [-0.2, 0) is 6.54 Å². The summed E-state index contributed by atoms with van der Waals surface area (Å²) in [6.07, 6.45) is 0. The van der Waals surface area contributed by atoms with Crippen LogP contribution in [0.5, 0.6) is 0 Å². The molecule has 0 amide bonds. The summed E-state index contributed by atoms with van der Waals surface area (Å²) < 4.78 is 5.40. The molecule has 0 bridgehead atoms. The topological polar surface area (TPSA) is 94.1 Å². The highest BCUT2D eigenvalue weighted by molar-refractivity contribution is 6.31. The van der Waals surface area contributed by atoms with E-state index < -0.39 is 4.92 Å². The minimum atomic E-state index is -0.523. The Morgan fingerprint density at radius 1 is 1.42 bits per heavy atom. The van der Waals surface area contributed by atoms with Crippen molar-refractivity contribution < 1.29 is 9.34 Å². The molecule has 8 heteroatoms. The van der Waals surface area contributed by atoms with Gasteiger partial charge in [-0.3, -0.25) is 10.1 Å². The van der Waals surface area contributed by atoms with E-state index in [0.29, 0.717) is 18.0 Å². The van der Waals surface area contributed by atoms with Crippen LogP contribution >= 0.6 is 11.6 Å². The Hall–Kier alpha value is -1.99. The zero-order valence-electron chi connectivity index (χ0n) is 10.1. The van der Waals surface area contributed by atoms with Crippen molar-refractivity contribution in [2.24, 2.45) is 0 Å². The minimum absolute atomic E-state index is 0.117. The largest absolute Gasteiger partial charge is 0.419 e. The zero-order valence-corrected chi connectivity index (χ0v) is 10.8. The third-order valence-corrected chi connectivity index (χ3v) is 2.55. The monoisotopic (exact) mass is 282 g/mol. The van der Waals surface area contributed by atoms with E-state index >= 15 is 0 Å². The Morgan fingerprint density at radius 3 is 2.89 bits per heavy atom. The summed E-state index contributed by atoms with van der Waals surface area (Å²) in [7, 11) is 0. The minimum Gasteiger partial charge on any atom is -0.419 e. The predicted molar refractivity (Wildman–Crippen MR) is 68.8 cm³/mol. The lowest BCUT2D eigenvalue weighted by Gasteiger charge is -1.98. The van der Waals surface area contributed by atoms with Gasteiger partial charge in [-0.1, -0.05) is 18.5 Å². The lowest BCUT2D eigenvalue weighted by molar-refractivity contribution is -0.384. The number of rotatable bonds is 5. The number of non-ortho nitro benzene ring substituents is 1. The highest BCUT2D eigenvalue weighted by Crippen LogP contribution is 2.27. The van der Waals surface area contributed by atoms with E-state index in [2.05, 4.69) is 15.5 Å². The molecule has 2 aromatic rings. The second-order valence-corrected chi connectivity index (χ2v) is 4.17. The summed E-state index contributed by atoms with van der Waals surface area (Å²) in [6.45, 7) is 3.18. The third-order valence-electron chi connectivity index (χ3n) is 2.33. The number of nitro groups is 1.